The second-order valence-corrected chi connectivity index (χ2v) is 7.03. The number of carbonyl (C=O) groups excluding carboxylic acids is 1. The number of amides is 1. The van der Waals surface area contributed by atoms with Gasteiger partial charge in [-0.2, -0.15) is 0 Å². The number of nitrogens with one attached hydrogen (secondary N) is 2. The molecule has 0 aliphatic carbocycles. The molecule has 4 rings (SSSR count). The van der Waals surface area contributed by atoms with Crippen LogP contribution in [0.2, 0.25) is 0 Å². The number of benzene rings is 2. The number of ether oxygens (including phenoxy) is 3. The SMILES string of the molecule is Cc1ccc(OC2(C(=O)NCc3ccc4c(c3)OCO4)CCNCC2)cc1. The molecule has 6 heteroatoms. The van der Waals surface area contributed by atoms with Gasteiger partial charge >= 0.3 is 0 Å². The largest absolute Gasteiger partial charge is 0.477 e. The fourth-order valence-corrected chi connectivity index (χ4v) is 3.43. The Hall–Kier alpha value is -2.73. The van der Waals surface area contributed by atoms with E-state index < -0.39 is 5.60 Å². The Labute approximate surface area is 158 Å². The number of rotatable bonds is 5. The lowest BCUT2D eigenvalue weighted by atomic mass is 9.90. The molecule has 0 spiro atoms. The maximum atomic E-state index is 13.1. The number of piperidine rings is 1. The highest BCUT2D eigenvalue weighted by Gasteiger charge is 2.42. The van der Waals surface area contributed by atoms with Gasteiger partial charge in [0.1, 0.15) is 5.75 Å². The van der Waals surface area contributed by atoms with Crippen LogP contribution in [-0.4, -0.2) is 31.4 Å². The zero-order chi connectivity index (χ0) is 18.7. The maximum Gasteiger partial charge on any atom is 0.264 e. The highest BCUT2D eigenvalue weighted by molar-refractivity contribution is 5.85. The Balaban J connectivity index is 1.46. The summed E-state index contributed by atoms with van der Waals surface area (Å²) in [6, 6.07) is 13.5. The van der Waals surface area contributed by atoms with Crippen molar-refractivity contribution in [3.63, 3.8) is 0 Å². The van der Waals surface area contributed by atoms with Crippen molar-refractivity contribution >= 4 is 5.91 Å². The monoisotopic (exact) mass is 368 g/mol. The van der Waals surface area contributed by atoms with E-state index in [2.05, 4.69) is 10.6 Å². The van der Waals surface area contributed by atoms with Crippen molar-refractivity contribution in [2.45, 2.75) is 31.9 Å². The molecule has 0 bridgehead atoms. The molecule has 2 N–H and O–H groups in total. The van der Waals surface area contributed by atoms with Crippen LogP contribution in [0.15, 0.2) is 42.5 Å². The van der Waals surface area contributed by atoms with Gasteiger partial charge in [0.05, 0.1) is 0 Å². The Morgan fingerprint density at radius 2 is 1.85 bits per heavy atom. The van der Waals surface area contributed by atoms with Gasteiger partial charge in [-0.25, -0.2) is 0 Å². The van der Waals surface area contributed by atoms with Gasteiger partial charge in [-0.05, 0) is 49.8 Å². The summed E-state index contributed by atoms with van der Waals surface area (Å²) >= 11 is 0. The minimum atomic E-state index is -0.850. The number of fused-ring (bicyclic) bond motifs is 1. The second-order valence-electron chi connectivity index (χ2n) is 7.03. The Bertz CT molecular complexity index is 813. The van der Waals surface area contributed by atoms with Gasteiger partial charge in [-0.3, -0.25) is 4.79 Å². The summed E-state index contributed by atoms with van der Waals surface area (Å²) in [5, 5.41) is 6.35. The summed E-state index contributed by atoms with van der Waals surface area (Å²) in [6.45, 7) is 4.20. The summed E-state index contributed by atoms with van der Waals surface area (Å²) in [5.74, 6) is 2.10. The highest BCUT2D eigenvalue weighted by Crippen LogP contribution is 2.32. The fourth-order valence-electron chi connectivity index (χ4n) is 3.43. The van der Waals surface area contributed by atoms with Crippen molar-refractivity contribution in [3.05, 3.63) is 53.6 Å². The minimum Gasteiger partial charge on any atom is -0.477 e. The van der Waals surface area contributed by atoms with Gasteiger partial charge in [0.2, 0.25) is 6.79 Å². The third-order valence-electron chi connectivity index (χ3n) is 5.05. The maximum absolute atomic E-state index is 13.1. The van der Waals surface area contributed by atoms with Gasteiger partial charge in [0.25, 0.3) is 5.91 Å². The van der Waals surface area contributed by atoms with Gasteiger partial charge in [0, 0.05) is 19.4 Å². The van der Waals surface area contributed by atoms with E-state index in [9.17, 15) is 4.79 Å². The van der Waals surface area contributed by atoms with Crippen LogP contribution in [0.5, 0.6) is 17.2 Å². The summed E-state index contributed by atoms with van der Waals surface area (Å²) < 4.78 is 17.0. The summed E-state index contributed by atoms with van der Waals surface area (Å²) in [4.78, 5) is 13.1. The first-order chi connectivity index (χ1) is 13.1. The molecule has 27 heavy (non-hydrogen) atoms. The van der Waals surface area contributed by atoms with Crippen molar-refractivity contribution in [3.8, 4) is 17.2 Å². The third kappa shape index (κ3) is 3.85. The molecule has 2 aromatic carbocycles. The lowest BCUT2D eigenvalue weighted by molar-refractivity contribution is -0.139. The summed E-state index contributed by atoms with van der Waals surface area (Å²) in [6.07, 6.45) is 1.27. The number of hydrogen-bond acceptors (Lipinski definition) is 5. The van der Waals surface area contributed by atoms with E-state index in [4.69, 9.17) is 14.2 Å². The molecule has 0 radical (unpaired) electrons. The molecule has 1 fully saturated rings. The molecular formula is C21H24N2O4. The summed E-state index contributed by atoms with van der Waals surface area (Å²) in [7, 11) is 0. The smallest absolute Gasteiger partial charge is 0.264 e. The topological polar surface area (TPSA) is 68.8 Å². The van der Waals surface area contributed by atoms with E-state index in [0.717, 1.165) is 35.7 Å². The normalized spacial score (nSPS) is 17.4. The first kappa shape index (κ1) is 17.7. The van der Waals surface area contributed by atoms with E-state index in [0.29, 0.717) is 25.1 Å². The summed E-state index contributed by atoms with van der Waals surface area (Å²) in [5.41, 5.74) is 1.28. The second kappa shape index (κ2) is 7.48. The van der Waals surface area contributed by atoms with Crippen LogP contribution in [0.3, 0.4) is 0 Å². The zero-order valence-electron chi connectivity index (χ0n) is 15.4. The molecule has 2 heterocycles. The average molecular weight is 368 g/mol. The van der Waals surface area contributed by atoms with E-state index in [1.54, 1.807) is 0 Å². The molecule has 0 atom stereocenters. The molecule has 1 amide bonds. The molecule has 2 aliphatic heterocycles. The first-order valence-electron chi connectivity index (χ1n) is 9.28. The molecular weight excluding hydrogens is 344 g/mol. The Morgan fingerprint density at radius 1 is 1.11 bits per heavy atom. The molecule has 142 valence electrons. The fraction of sp³-hybridized carbons (Fsp3) is 0.381. The van der Waals surface area contributed by atoms with Crippen LogP contribution in [0.1, 0.15) is 24.0 Å². The van der Waals surface area contributed by atoms with Crippen LogP contribution >= 0.6 is 0 Å². The van der Waals surface area contributed by atoms with Crippen LogP contribution in [0.4, 0.5) is 0 Å². The van der Waals surface area contributed by atoms with Crippen molar-refractivity contribution in [2.75, 3.05) is 19.9 Å². The number of hydrogen-bond donors (Lipinski definition) is 2. The molecule has 1 saturated heterocycles. The standard InChI is InChI=1S/C21H24N2O4/c1-15-2-5-17(6-3-15)27-21(8-10-22-11-9-21)20(24)23-13-16-4-7-18-19(12-16)26-14-25-18/h2-7,12,22H,8-11,13-14H2,1H3,(H,23,24). The van der Waals surface area contributed by atoms with E-state index in [1.165, 1.54) is 0 Å². The van der Waals surface area contributed by atoms with Crippen LogP contribution in [0, 0.1) is 6.92 Å². The third-order valence-corrected chi connectivity index (χ3v) is 5.05. The van der Waals surface area contributed by atoms with Crippen molar-refractivity contribution < 1.29 is 19.0 Å². The van der Waals surface area contributed by atoms with Crippen molar-refractivity contribution in [1.82, 2.24) is 10.6 Å². The molecule has 0 saturated carbocycles. The average Bonchev–Trinajstić information content (AvgIpc) is 3.16. The predicted octanol–water partition coefficient (Wildman–Crippen LogP) is 2.54. The lowest BCUT2D eigenvalue weighted by Crippen LogP contribution is -2.56. The number of carbonyl (C=O) groups is 1. The van der Waals surface area contributed by atoms with E-state index in [1.807, 2.05) is 49.4 Å². The molecule has 0 aromatic heterocycles. The first-order valence-corrected chi connectivity index (χ1v) is 9.28. The number of aryl methyl sites for hydroxylation is 1. The van der Waals surface area contributed by atoms with Crippen LogP contribution < -0.4 is 24.8 Å². The molecule has 2 aliphatic rings. The van der Waals surface area contributed by atoms with Crippen LogP contribution in [-0.2, 0) is 11.3 Å². The molecule has 6 nitrogen and oxygen atoms in total. The zero-order valence-corrected chi connectivity index (χ0v) is 15.4. The highest BCUT2D eigenvalue weighted by atomic mass is 16.7. The van der Waals surface area contributed by atoms with Gasteiger partial charge < -0.3 is 24.8 Å². The van der Waals surface area contributed by atoms with Gasteiger partial charge in [0.15, 0.2) is 17.1 Å². The van der Waals surface area contributed by atoms with Gasteiger partial charge in [-0.15, -0.1) is 0 Å². The Morgan fingerprint density at radius 3 is 2.63 bits per heavy atom. The molecule has 2 aromatic rings. The van der Waals surface area contributed by atoms with Crippen LogP contribution in [0.25, 0.3) is 0 Å². The lowest BCUT2D eigenvalue weighted by Gasteiger charge is -2.36. The van der Waals surface area contributed by atoms with Crippen molar-refractivity contribution in [2.24, 2.45) is 0 Å². The van der Waals surface area contributed by atoms with Crippen molar-refractivity contribution in [1.29, 1.82) is 0 Å². The Kier molecular flexibility index (Phi) is 4.90. The quantitative estimate of drug-likeness (QED) is 0.849. The predicted molar refractivity (Wildman–Crippen MR) is 101 cm³/mol. The van der Waals surface area contributed by atoms with E-state index in [-0.39, 0.29) is 12.7 Å². The van der Waals surface area contributed by atoms with E-state index >= 15 is 0 Å². The van der Waals surface area contributed by atoms with Gasteiger partial charge in [-0.1, -0.05) is 23.8 Å². The minimum absolute atomic E-state index is 0.0813. The molecule has 0 unspecified atom stereocenters.